The molecule has 1 aromatic rings. The highest BCUT2D eigenvalue weighted by molar-refractivity contribution is 9.10. The van der Waals surface area contributed by atoms with E-state index >= 15 is 0 Å². The van der Waals surface area contributed by atoms with E-state index in [4.69, 9.17) is 18.0 Å². The van der Waals surface area contributed by atoms with Crippen LogP contribution in [0.3, 0.4) is 0 Å². The van der Waals surface area contributed by atoms with Crippen molar-refractivity contribution >= 4 is 33.1 Å². The molecule has 1 unspecified atom stereocenters. The summed E-state index contributed by atoms with van der Waals surface area (Å²) in [7, 11) is 0. The highest BCUT2D eigenvalue weighted by Crippen LogP contribution is 2.15. The number of piperazine rings is 1. The Bertz CT molecular complexity index is 444. The maximum absolute atomic E-state index is 5.71. The number of nitrogens with zero attached hydrogens (tertiary/aromatic N) is 2. The quantitative estimate of drug-likeness (QED) is 0.851. The number of hydrogen-bond donors (Lipinski definition) is 1. The van der Waals surface area contributed by atoms with Crippen LogP contribution in [0.1, 0.15) is 12.5 Å². The minimum Gasteiger partial charge on any atom is -0.392 e. The summed E-state index contributed by atoms with van der Waals surface area (Å²) in [4.78, 5) is 5.44. The summed E-state index contributed by atoms with van der Waals surface area (Å²) in [6.07, 6.45) is 0. The van der Waals surface area contributed by atoms with Gasteiger partial charge in [-0.15, -0.1) is 0 Å². The van der Waals surface area contributed by atoms with Crippen molar-refractivity contribution in [3.05, 3.63) is 34.3 Å². The lowest BCUT2D eigenvalue weighted by molar-refractivity contribution is 0.118. The Morgan fingerprint density at radius 2 is 2.05 bits per heavy atom. The molecule has 1 fully saturated rings. The zero-order valence-electron chi connectivity index (χ0n) is 11.2. The lowest BCUT2D eigenvalue weighted by Crippen LogP contribution is -2.52. The first-order chi connectivity index (χ1) is 9.06. The number of nitrogens with two attached hydrogens (primary N) is 1. The smallest absolute Gasteiger partial charge is 0.0899 e. The van der Waals surface area contributed by atoms with E-state index in [2.05, 4.69) is 56.9 Å². The van der Waals surface area contributed by atoms with E-state index in [1.165, 1.54) is 5.56 Å². The van der Waals surface area contributed by atoms with Crippen LogP contribution < -0.4 is 5.73 Å². The molecule has 0 saturated carbocycles. The molecular formula is C14H20BrN3S. The average Bonchev–Trinajstić information content (AvgIpc) is 2.39. The van der Waals surface area contributed by atoms with Crippen LogP contribution in [0.2, 0.25) is 0 Å². The Balaban J connectivity index is 1.85. The van der Waals surface area contributed by atoms with Crippen LogP contribution in [0.5, 0.6) is 0 Å². The molecule has 104 valence electrons. The number of halogens is 1. The summed E-state index contributed by atoms with van der Waals surface area (Å²) in [5.41, 5.74) is 7.06. The average molecular weight is 342 g/mol. The van der Waals surface area contributed by atoms with Crippen molar-refractivity contribution in [2.45, 2.75) is 19.5 Å². The second kappa shape index (κ2) is 6.79. The molecule has 1 saturated heterocycles. The molecule has 0 spiro atoms. The molecule has 2 N–H and O–H groups in total. The molecule has 0 radical (unpaired) electrons. The standard InChI is InChI=1S/C14H20BrN3S/c1-11(14(16)19)18-7-5-17(6-8-18)10-12-3-2-4-13(15)9-12/h2-4,9,11H,5-8,10H2,1H3,(H2,16,19). The Kier molecular flexibility index (Phi) is 5.33. The maximum atomic E-state index is 5.71. The molecule has 5 heteroatoms. The van der Waals surface area contributed by atoms with E-state index in [1.54, 1.807) is 0 Å². The van der Waals surface area contributed by atoms with Crippen molar-refractivity contribution in [3.63, 3.8) is 0 Å². The van der Waals surface area contributed by atoms with Gasteiger partial charge in [0.2, 0.25) is 0 Å². The second-order valence-electron chi connectivity index (χ2n) is 5.02. The highest BCUT2D eigenvalue weighted by Gasteiger charge is 2.22. The minimum absolute atomic E-state index is 0.211. The van der Waals surface area contributed by atoms with Gasteiger partial charge in [-0.05, 0) is 24.6 Å². The number of thiocarbonyl (C=S) groups is 1. The van der Waals surface area contributed by atoms with E-state index in [1.807, 2.05) is 0 Å². The molecule has 1 aromatic carbocycles. The summed E-state index contributed by atoms with van der Waals surface area (Å²) in [6.45, 7) is 7.30. The zero-order valence-corrected chi connectivity index (χ0v) is 13.6. The molecule has 1 heterocycles. The number of benzene rings is 1. The summed E-state index contributed by atoms with van der Waals surface area (Å²) in [6, 6.07) is 8.72. The topological polar surface area (TPSA) is 32.5 Å². The molecule has 1 aliphatic rings. The third-order valence-corrected chi connectivity index (χ3v) is 4.50. The first kappa shape index (κ1) is 14.9. The predicted octanol–water partition coefficient (Wildman–Crippen LogP) is 2.24. The summed E-state index contributed by atoms with van der Waals surface area (Å²) in [5.74, 6) is 0. The predicted molar refractivity (Wildman–Crippen MR) is 87.2 cm³/mol. The zero-order chi connectivity index (χ0) is 13.8. The molecular weight excluding hydrogens is 322 g/mol. The third-order valence-electron chi connectivity index (χ3n) is 3.66. The van der Waals surface area contributed by atoms with Gasteiger partial charge in [0.25, 0.3) is 0 Å². The highest BCUT2D eigenvalue weighted by atomic mass is 79.9. The van der Waals surface area contributed by atoms with Gasteiger partial charge >= 0.3 is 0 Å². The lowest BCUT2D eigenvalue weighted by Gasteiger charge is -2.37. The minimum atomic E-state index is 0.211. The van der Waals surface area contributed by atoms with Crippen LogP contribution in [0.4, 0.5) is 0 Å². The molecule has 0 aliphatic carbocycles. The van der Waals surface area contributed by atoms with Crippen molar-refractivity contribution in [3.8, 4) is 0 Å². The molecule has 2 rings (SSSR count). The second-order valence-corrected chi connectivity index (χ2v) is 6.41. The maximum Gasteiger partial charge on any atom is 0.0899 e. The number of rotatable bonds is 4. The van der Waals surface area contributed by atoms with E-state index in [9.17, 15) is 0 Å². The van der Waals surface area contributed by atoms with Gasteiger partial charge in [0.15, 0.2) is 0 Å². The van der Waals surface area contributed by atoms with Crippen LogP contribution in [0.25, 0.3) is 0 Å². The molecule has 1 atom stereocenters. The third kappa shape index (κ3) is 4.24. The largest absolute Gasteiger partial charge is 0.392 e. The van der Waals surface area contributed by atoms with Crippen LogP contribution in [-0.4, -0.2) is 47.0 Å². The van der Waals surface area contributed by atoms with Crippen molar-refractivity contribution in [1.29, 1.82) is 0 Å². The van der Waals surface area contributed by atoms with Gasteiger partial charge in [-0.3, -0.25) is 9.80 Å². The van der Waals surface area contributed by atoms with Gasteiger partial charge in [0.05, 0.1) is 11.0 Å². The van der Waals surface area contributed by atoms with E-state index in [0.29, 0.717) is 4.99 Å². The molecule has 0 amide bonds. The van der Waals surface area contributed by atoms with Crippen LogP contribution in [-0.2, 0) is 6.54 Å². The van der Waals surface area contributed by atoms with Gasteiger partial charge in [0.1, 0.15) is 0 Å². The van der Waals surface area contributed by atoms with Crippen molar-refractivity contribution in [2.24, 2.45) is 5.73 Å². The lowest BCUT2D eigenvalue weighted by atomic mass is 10.2. The van der Waals surface area contributed by atoms with Crippen molar-refractivity contribution < 1.29 is 0 Å². The summed E-state index contributed by atoms with van der Waals surface area (Å²) < 4.78 is 1.14. The van der Waals surface area contributed by atoms with E-state index in [0.717, 1.165) is 37.2 Å². The Hall–Kier alpha value is -0.490. The fourth-order valence-electron chi connectivity index (χ4n) is 2.38. The molecule has 3 nitrogen and oxygen atoms in total. The molecule has 1 aliphatic heterocycles. The monoisotopic (exact) mass is 341 g/mol. The van der Waals surface area contributed by atoms with Crippen molar-refractivity contribution in [2.75, 3.05) is 26.2 Å². The normalized spacial score (nSPS) is 19.3. The summed E-state index contributed by atoms with van der Waals surface area (Å²) in [5, 5.41) is 0. The SMILES string of the molecule is CC(C(N)=S)N1CCN(Cc2cccc(Br)c2)CC1. The Morgan fingerprint density at radius 3 is 2.63 bits per heavy atom. The Labute approximate surface area is 128 Å². The first-order valence-corrected chi connectivity index (χ1v) is 7.76. The molecule has 19 heavy (non-hydrogen) atoms. The van der Waals surface area contributed by atoms with Crippen LogP contribution >= 0.6 is 28.1 Å². The van der Waals surface area contributed by atoms with Crippen molar-refractivity contribution in [1.82, 2.24) is 9.80 Å². The fourth-order valence-corrected chi connectivity index (χ4v) is 2.98. The van der Waals surface area contributed by atoms with Crippen LogP contribution in [0, 0.1) is 0 Å². The molecule has 0 bridgehead atoms. The van der Waals surface area contributed by atoms with Gasteiger partial charge in [-0.25, -0.2) is 0 Å². The fraction of sp³-hybridized carbons (Fsp3) is 0.500. The Morgan fingerprint density at radius 1 is 1.37 bits per heavy atom. The van der Waals surface area contributed by atoms with Gasteiger partial charge in [-0.2, -0.15) is 0 Å². The van der Waals surface area contributed by atoms with E-state index < -0.39 is 0 Å². The van der Waals surface area contributed by atoms with Gasteiger partial charge in [0, 0.05) is 37.2 Å². The molecule has 0 aromatic heterocycles. The van der Waals surface area contributed by atoms with Gasteiger partial charge < -0.3 is 5.73 Å². The number of hydrogen-bond acceptors (Lipinski definition) is 3. The summed E-state index contributed by atoms with van der Waals surface area (Å²) >= 11 is 8.58. The van der Waals surface area contributed by atoms with Gasteiger partial charge in [-0.1, -0.05) is 40.3 Å². The van der Waals surface area contributed by atoms with E-state index in [-0.39, 0.29) is 6.04 Å². The first-order valence-electron chi connectivity index (χ1n) is 6.56. The van der Waals surface area contributed by atoms with Crippen LogP contribution in [0.15, 0.2) is 28.7 Å².